The number of phenolic OH excluding ortho intramolecular Hbond substituents is 1. The molecule has 0 fully saturated rings. The fourth-order valence-corrected chi connectivity index (χ4v) is 7.64. The number of aliphatic hydroxyl groups excluding tert-OH is 2. The molecule has 1 aromatic carbocycles. The number of carbonyl (C=O) groups is 4. The normalized spacial score (nSPS) is 31.2. The van der Waals surface area contributed by atoms with Gasteiger partial charge in [0.05, 0.1) is 11.3 Å². The van der Waals surface area contributed by atoms with Crippen LogP contribution in [0, 0.1) is 22.7 Å². The van der Waals surface area contributed by atoms with Crippen LogP contribution in [0.4, 0.5) is 5.69 Å². The van der Waals surface area contributed by atoms with Gasteiger partial charge in [-0.25, -0.2) is 0 Å². The van der Waals surface area contributed by atoms with Crippen molar-refractivity contribution < 1.29 is 39.6 Å². The molecular formula is C31H33NO8. The number of ketones is 3. The predicted octanol–water partition coefficient (Wildman–Crippen LogP) is 4.17. The number of benzene rings is 1. The van der Waals surface area contributed by atoms with Gasteiger partial charge < -0.3 is 25.7 Å². The molecule has 9 heteroatoms. The van der Waals surface area contributed by atoms with Crippen LogP contribution in [-0.4, -0.2) is 49.3 Å². The monoisotopic (exact) mass is 547 g/mol. The number of fused-ring (bicyclic) bond motifs is 3. The smallest absolute Gasteiger partial charge is 0.252 e. The number of aromatic hydroxyl groups is 1. The molecule has 0 saturated carbocycles. The molecule has 40 heavy (non-hydrogen) atoms. The van der Waals surface area contributed by atoms with E-state index in [0.29, 0.717) is 17.6 Å². The molecule has 4 aliphatic rings. The van der Waals surface area contributed by atoms with Gasteiger partial charge in [0.2, 0.25) is 5.78 Å². The highest BCUT2D eigenvalue weighted by molar-refractivity contribution is 6.25. The van der Waals surface area contributed by atoms with Gasteiger partial charge in [-0.2, -0.15) is 0 Å². The number of anilines is 1. The number of amides is 1. The summed E-state index contributed by atoms with van der Waals surface area (Å²) in [5, 5.41) is 48.7. The second-order valence-corrected chi connectivity index (χ2v) is 12.2. The number of aliphatic hydroxyl groups is 3. The number of rotatable bonds is 4. The van der Waals surface area contributed by atoms with Crippen molar-refractivity contribution >= 4 is 28.9 Å². The van der Waals surface area contributed by atoms with Gasteiger partial charge in [-0.3, -0.25) is 19.2 Å². The van der Waals surface area contributed by atoms with Crippen molar-refractivity contribution in [2.45, 2.75) is 59.5 Å². The number of carbonyl (C=O) groups excluding carboxylic acids is 4. The average molecular weight is 548 g/mol. The average Bonchev–Trinajstić information content (AvgIpc) is 3.38. The maximum absolute atomic E-state index is 14.0. The third kappa shape index (κ3) is 3.43. The first-order chi connectivity index (χ1) is 18.6. The third-order valence-corrected chi connectivity index (χ3v) is 9.19. The minimum Gasteiger partial charge on any atom is -0.511 e. The van der Waals surface area contributed by atoms with Crippen LogP contribution in [0.15, 0.2) is 58.6 Å². The van der Waals surface area contributed by atoms with Gasteiger partial charge in [-0.1, -0.05) is 52.0 Å². The zero-order valence-electron chi connectivity index (χ0n) is 23.1. The van der Waals surface area contributed by atoms with Crippen LogP contribution < -0.4 is 5.32 Å². The highest BCUT2D eigenvalue weighted by atomic mass is 16.3. The Morgan fingerprint density at radius 2 is 1.77 bits per heavy atom. The highest BCUT2D eigenvalue weighted by Crippen LogP contribution is 2.65. The zero-order valence-corrected chi connectivity index (χ0v) is 23.1. The van der Waals surface area contributed by atoms with Crippen molar-refractivity contribution in [2.24, 2.45) is 22.7 Å². The van der Waals surface area contributed by atoms with E-state index in [2.05, 4.69) is 5.32 Å². The lowest BCUT2D eigenvalue weighted by Crippen LogP contribution is -2.67. The van der Waals surface area contributed by atoms with Gasteiger partial charge in [-0.15, -0.1) is 0 Å². The molecule has 210 valence electrons. The Labute approximate surface area is 231 Å². The maximum atomic E-state index is 14.0. The Morgan fingerprint density at radius 1 is 1.10 bits per heavy atom. The molecule has 0 aliphatic heterocycles. The zero-order chi connectivity index (χ0) is 29.5. The summed E-state index contributed by atoms with van der Waals surface area (Å²) in [6, 6.07) is 3.14. The lowest BCUT2D eigenvalue weighted by atomic mass is 9.44. The molecule has 0 heterocycles. The number of hydrogen-bond donors (Lipinski definition) is 5. The molecule has 0 radical (unpaired) electrons. The first kappa shape index (κ1) is 27.6. The number of hydrogen-bond acceptors (Lipinski definition) is 8. The second kappa shape index (κ2) is 8.76. The summed E-state index contributed by atoms with van der Waals surface area (Å²) in [6.07, 6.45) is 5.82. The van der Waals surface area contributed by atoms with Crippen LogP contribution in [0.1, 0.15) is 63.4 Å². The van der Waals surface area contributed by atoms with Crippen molar-refractivity contribution in [3.8, 4) is 5.75 Å². The van der Waals surface area contributed by atoms with E-state index in [1.54, 1.807) is 45.9 Å². The van der Waals surface area contributed by atoms with Gasteiger partial charge >= 0.3 is 0 Å². The summed E-state index contributed by atoms with van der Waals surface area (Å²) in [5.41, 5.74) is -5.23. The third-order valence-electron chi connectivity index (χ3n) is 9.19. The Kier molecular flexibility index (Phi) is 6.04. The van der Waals surface area contributed by atoms with Crippen molar-refractivity contribution in [1.29, 1.82) is 0 Å². The first-order valence-electron chi connectivity index (χ1n) is 13.3. The highest BCUT2D eigenvalue weighted by Gasteiger charge is 2.71. The van der Waals surface area contributed by atoms with Gasteiger partial charge in [-0.05, 0) is 43.7 Å². The fraction of sp³-hybridized carbons (Fsp3) is 0.419. The maximum Gasteiger partial charge on any atom is 0.252 e. The van der Waals surface area contributed by atoms with E-state index < -0.39 is 68.4 Å². The number of nitrogens with one attached hydrogen (secondary N) is 1. The lowest BCUT2D eigenvalue weighted by Gasteiger charge is -2.59. The topological polar surface area (TPSA) is 161 Å². The number of Topliss-reactive ketones (excluding diaryl/α,β-unsaturated/α-hetero) is 3. The number of phenols is 1. The summed E-state index contributed by atoms with van der Waals surface area (Å²) < 4.78 is 0. The van der Waals surface area contributed by atoms with Gasteiger partial charge in [0.1, 0.15) is 17.1 Å². The summed E-state index contributed by atoms with van der Waals surface area (Å²) in [5.74, 6) is -6.16. The molecule has 0 saturated heterocycles. The molecular weight excluding hydrogens is 514 g/mol. The van der Waals surface area contributed by atoms with E-state index >= 15 is 0 Å². The molecule has 1 unspecified atom stereocenters. The van der Waals surface area contributed by atoms with E-state index in [-0.39, 0.29) is 35.6 Å². The molecule has 0 aromatic heterocycles. The molecule has 1 amide bonds. The second-order valence-electron chi connectivity index (χ2n) is 12.2. The van der Waals surface area contributed by atoms with E-state index in [4.69, 9.17) is 0 Å². The van der Waals surface area contributed by atoms with Gasteiger partial charge in [0.25, 0.3) is 5.91 Å². The van der Waals surface area contributed by atoms with Gasteiger partial charge in [0.15, 0.2) is 22.9 Å². The molecule has 5 N–H and O–H groups in total. The van der Waals surface area contributed by atoms with Gasteiger partial charge in [0, 0.05) is 27.9 Å². The van der Waals surface area contributed by atoms with Crippen LogP contribution in [0.25, 0.3) is 0 Å². The Hall–Kier alpha value is -3.98. The Morgan fingerprint density at radius 3 is 2.35 bits per heavy atom. The van der Waals surface area contributed by atoms with E-state index in [1.165, 1.54) is 6.07 Å². The molecule has 4 aliphatic carbocycles. The first-order valence-corrected chi connectivity index (χ1v) is 13.3. The van der Waals surface area contributed by atoms with Crippen molar-refractivity contribution in [3.05, 3.63) is 69.7 Å². The summed E-state index contributed by atoms with van der Waals surface area (Å²) in [6.45, 7) is 7.98. The summed E-state index contributed by atoms with van der Waals surface area (Å²) in [7, 11) is 0. The SMILES string of the molecule is CC(=O)C1=C(O)C(C(C)C)[C@@]2(C)C[C@@]3(C)Cc4ccc(NC(=O)C5=CC=CC5)c(O)c4C(=O)C3=C(O)[C@@]2(O)C1=O. The van der Waals surface area contributed by atoms with Crippen molar-refractivity contribution in [3.63, 3.8) is 0 Å². The molecule has 5 rings (SSSR count). The van der Waals surface area contributed by atoms with Crippen molar-refractivity contribution in [2.75, 3.05) is 5.32 Å². The number of allylic oxidation sites excluding steroid dienone is 5. The van der Waals surface area contributed by atoms with E-state index in [1.807, 2.05) is 6.08 Å². The molecule has 4 atom stereocenters. The van der Waals surface area contributed by atoms with E-state index in [9.17, 15) is 39.6 Å². The minimum atomic E-state index is -2.67. The molecule has 0 bridgehead atoms. The molecule has 9 nitrogen and oxygen atoms in total. The van der Waals surface area contributed by atoms with Crippen LogP contribution >= 0.6 is 0 Å². The van der Waals surface area contributed by atoms with Crippen LogP contribution in [-0.2, 0) is 20.8 Å². The largest absolute Gasteiger partial charge is 0.511 e. The standard InChI is InChI=1S/C31H33NO8/c1-14(2)21-24(35)19(15(3)33)26(37)31(40)27(38)22-25(36)20-17(12-29(22,4)13-30(21,31)5)10-11-18(23(20)34)32-28(39)16-8-6-7-9-16/h6-8,10-11,14,21,34-35,38,40H,9,12-13H2,1-5H3,(H,32,39)/t21?,29-,30-,31+/m1/s1. The Bertz CT molecular complexity index is 1540. The molecule has 1 aromatic rings. The fourth-order valence-electron chi connectivity index (χ4n) is 7.64. The predicted molar refractivity (Wildman–Crippen MR) is 146 cm³/mol. The summed E-state index contributed by atoms with van der Waals surface area (Å²) in [4.78, 5) is 52.9. The van der Waals surface area contributed by atoms with Crippen LogP contribution in [0.5, 0.6) is 5.75 Å². The van der Waals surface area contributed by atoms with Crippen molar-refractivity contribution in [1.82, 2.24) is 0 Å². The molecule has 0 spiro atoms. The van der Waals surface area contributed by atoms with Crippen LogP contribution in [0.3, 0.4) is 0 Å². The van der Waals surface area contributed by atoms with Crippen LogP contribution in [0.2, 0.25) is 0 Å². The summed E-state index contributed by atoms with van der Waals surface area (Å²) >= 11 is 0. The minimum absolute atomic E-state index is 0.00767. The quantitative estimate of drug-likeness (QED) is 0.277. The Balaban J connectivity index is 1.68. The lowest BCUT2D eigenvalue weighted by molar-refractivity contribution is -0.171. The van der Waals surface area contributed by atoms with E-state index in [0.717, 1.165) is 6.92 Å².